The van der Waals surface area contributed by atoms with Gasteiger partial charge in [0.2, 0.25) is 0 Å². The quantitative estimate of drug-likeness (QED) is 0.855. The third-order valence-corrected chi connectivity index (χ3v) is 2.89. The van der Waals surface area contributed by atoms with Crippen LogP contribution in [-0.4, -0.2) is 42.8 Å². The average Bonchev–Trinajstić information content (AvgIpc) is 2.33. The van der Waals surface area contributed by atoms with Crippen LogP contribution in [0.1, 0.15) is 40.0 Å². The van der Waals surface area contributed by atoms with Gasteiger partial charge in [-0.05, 0) is 52.3 Å². The molecule has 1 aliphatic rings. The van der Waals surface area contributed by atoms with Crippen LogP contribution >= 0.6 is 0 Å². The van der Waals surface area contributed by atoms with E-state index in [1.165, 1.54) is 19.3 Å². The van der Waals surface area contributed by atoms with Crippen LogP contribution in [0.5, 0.6) is 0 Å². The van der Waals surface area contributed by atoms with Crippen LogP contribution in [0, 0.1) is 0 Å². The van der Waals surface area contributed by atoms with Crippen molar-refractivity contribution in [3.63, 3.8) is 0 Å². The van der Waals surface area contributed by atoms with Crippen LogP contribution in [0.15, 0.2) is 11.9 Å². The SMILES string of the molecule is CC(C)(C)OC(=O)NC/C(=C\F)CN1CCCCC1. The zero-order chi connectivity index (χ0) is 14.3. The Balaban J connectivity index is 2.30. The van der Waals surface area contributed by atoms with Crippen LogP contribution in [0.25, 0.3) is 0 Å². The fourth-order valence-corrected chi connectivity index (χ4v) is 2.03. The van der Waals surface area contributed by atoms with E-state index in [1.807, 2.05) is 0 Å². The number of nitrogens with one attached hydrogen (secondary N) is 1. The first-order valence-electron chi connectivity index (χ1n) is 6.88. The van der Waals surface area contributed by atoms with E-state index in [9.17, 15) is 9.18 Å². The summed E-state index contributed by atoms with van der Waals surface area (Å²) >= 11 is 0. The van der Waals surface area contributed by atoms with E-state index in [-0.39, 0.29) is 6.54 Å². The summed E-state index contributed by atoms with van der Waals surface area (Å²) in [6.07, 6.45) is 3.66. The van der Waals surface area contributed by atoms with E-state index in [1.54, 1.807) is 20.8 Å². The van der Waals surface area contributed by atoms with Crippen molar-refractivity contribution in [1.82, 2.24) is 10.2 Å². The van der Waals surface area contributed by atoms with Crippen LogP contribution in [-0.2, 0) is 4.74 Å². The lowest BCUT2D eigenvalue weighted by molar-refractivity contribution is 0.0531. The minimum atomic E-state index is -0.531. The van der Waals surface area contributed by atoms with Crippen molar-refractivity contribution in [1.29, 1.82) is 0 Å². The molecule has 0 saturated carbocycles. The standard InChI is InChI=1S/C14H25FN2O2/c1-14(2,3)19-13(18)16-10-12(9-15)11-17-7-5-4-6-8-17/h9H,4-8,10-11H2,1-3H3,(H,16,18)/b12-9+. The number of rotatable bonds is 4. The Labute approximate surface area is 115 Å². The summed E-state index contributed by atoms with van der Waals surface area (Å²) in [7, 11) is 0. The fraction of sp³-hybridized carbons (Fsp3) is 0.786. The van der Waals surface area contributed by atoms with Gasteiger partial charge >= 0.3 is 6.09 Å². The molecule has 0 aromatic rings. The molecule has 0 bridgehead atoms. The topological polar surface area (TPSA) is 41.6 Å². The molecule has 0 unspecified atom stereocenters. The number of carbonyl (C=O) groups is 1. The van der Waals surface area contributed by atoms with Gasteiger partial charge in [-0.1, -0.05) is 6.42 Å². The monoisotopic (exact) mass is 272 g/mol. The highest BCUT2D eigenvalue weighted by atomic mass is 19.1. The molecule has 110 valence electrons. The lowest BCUT2D eigenvalue weighted by Gasteiger charge is -2.27. The molecule has 0 atom stereocenters. The summed E-state index contributed by atoms with van der Waals surface area (Å²) in [6.45, 7) is 8.17. The lowest BCUT2D eigenvalue weighted by atomic mass is 10.1. The molecule has 1 fully saturated rings. The second-order valence-electron chi connectivity index (χ2n) is 5.96. The number of halogens is 1. The summed E-state index contributed by atoms with van der Waals surface area (Å²) in [6, 6.07) is 0. The number of nitrogens with zero attached hydrogens (tertiary/aromatic N) is 1. The highest BCUT2D eigenvalue weighted by Crippen LogP contribution is 2.11. The number of amides is 1. The van der Waals surface area contributed by atoms with E-state index in [0.717, 1.165) is 13.1 Å². The molecule has 1 heterocycles. The number of likely N-dealkylation sites (tertiary alicyclic amines) is 1. The first-order valence-corrected chi connectivity index (χ1v) is 6.88. The van der Waals surface area contributed by atoms with Crippen LogP contribution in [0.2, 0.25) is 0 Å². The van der Waals surface area contributed by atoms with Crippen molar-refractivity contribution in [3.05, 3.63) is 11.9 Å². The van der Waals surface area contributed by atoms with Gasteiger partial charge in [0.05, 0.1) is 6.33 Å². The lowest BCUT2D eigenvalue weighted by Crippen LogP contribution is -2.37. The largest absolute Gasteiger partial charge is 0.444 e. The van der Waals surface area contributed by atoms with Crippen LogP contribution in [0.4, 0.5) is 9.18 Å². The molecule has 5 heteroatoms. The molecule has 0 spiro atoms. The van der Waals surface area contributed by atoms with Gasteiger partial charge in [0.1, 0.15) is 5.60 Å². The molecule has 4 nitrogen and oxygen atoms in total. The Morgan fingerprint density at radius 1 is 1.32 bits per heavy atom. The van der Waals surface area contributed by atoms with Crippen molar-refractivity contribution in [2.75, 3.05) is 26.2 Å². The molecule has 1 rings (SSSR count). The van der Waals surface area contributed by atoms with Gasteiger partial charge in [0.15, 0.2) is 0 Å². The predicted octanol–water partition coefficient (Wildman–Crippen LogP) is 2.85. The highest BCUT2D eigenvalue weighted by Gasteiger charge is 2.17. The Morgan fingerprint density at radius 2 is 1.95 bits per heavy atom. The Bertz CT molecular complexity index is 318. The molecule has 0 radical (unpaired) electrons. The number of hydrogen-bond acceptors (Lipinski definition) is 3. The maximum absolute atomic E-state index is 12.8. The molecule has 1 saturated heterocycles. The third kappa shape index (κ3) is 7.15. The van der Waals surface area contributed by atoms with Crippen LogP contribution < -0.4 is 5.32 Å². The third-order valence-electron chi connectivity index (χ3n) is 2.89. The second kappa shape index (κ2) is 7.48. The van der Waals surface area contributed by atoms with Gasteiger partial charge < -0.3 is 10.1 Å². The smallest absolute Gasteiger partial charge is 0.407 e. The second-order valence-corrected chi connectivity index (χ2v) is 5.96. The number of carbonyl (C=O) groups excluding carboxylic acids is 1. The van der Waals surface area contributed by atoms with Gasteiger partial charge in [-0.2, -0.15) is 0 Å². The van der Waals surface area contributed by atoms with Gasteiger partial charge in [0.25, 0.3) is 0 Å². The van der Waals surface area contributed by atoms with Crippen molar-refractivity contribution >= 4 is 6.09 Å². The average molecular weight is 272 g/mol. The maximum atomic E-state index is 12.8. The van der Waals surface area contributed by atoms with Gasteiger partial charge in [-0.25, -0.2) is 9.18 Å². The molecular formula is C14H25FN2O2. The molecule has 1 N–H and O–H groups in total. The van der Waals surface area contributed by atoms with Crippen LogP contribution in [0.3, 0.4) is 0 Å². The molecule has 1 aliphatic heterocycles. The first-order chi connectivity index (χ1) is 8.90. The highest BCUT2D eigenvalue weighted by molar-refractivity contribution is 5.68. The zero-order valence-corrected chi connectivity index (χ0v) is 12.2. The van der Waals surface area contributed by atoms with Crippen molar-refractivity contribution in [2.45, 2.75) is 45.6 Å². The Morgan fingerprint density at radius 3 is 2.47 bits per heavy atom. The number of ether oxygens (including phenoxy) is 1. The molecular weight excluding hydrogens is 247 g/mol. The van der Waals surface area contributed by atoms with E-state index >= 15 is 0 Å². The number of piperidine rings is 1. The number of alkyl carbamates (subject to hydrolysis) is 1. The van der Waals surface area contributed by atoms with E-state index in [4.69, 9.17) is 4.74 Å². The Kier molecular flexibility index (Phi) is 6.28. The van der Waals surface area contributed by atoms with Crippen molar-refractivity contribution in [2.24, 2.45) is 0 Å². The minimum absolute atomic E-state index is 0.196. The summed E-state index contributed by atoms with van der Waals surface area (Å²) in [4.78, 5) is 13.7. The molecule has 0 aliphatic carbocycles. The van der Waals surface area contributed by atoms with Crippen molar-refractivity contribution in [3.8, 4) is 0 Å². The zero-order valence-electron chi connectivity index (χ0n) is 12.2. The molecule has 0 aromatic heterocycles. The summed E-state index contributed by atoms with van der Waals surface area (Å²) in [5, 5.41) is 2.58. The minimum Gasteiger partial charge on any atom is -0.444 e. The first kappa shape index (κ1) is 16.0. The van der Waals surface area contributed by atoms with Gasteiger partial charge in [0, 0.05) is 13.1 Å². The maximum Gasteiger partial charge on any atom is 0.407 e. The summed E-state index contributed by atoms with van der Waals surface area (Å²) in [5.74, 6) is 0. The molecule has 0 aromatic carbocycles. The van der Waals surface area contributed by atoms with Gasteiger partial charge in [-0.3, -0.25) is 4.90 Å². The predicted molar refractivity (Wildman–Crippen MR) is 73.7 cm³/mol. The molecule has 19 heavy (non-hydrogen) atoms. The van der Waals surface area contributed by atoms with Crippen molar-refractivity contribution < 1.29 is 13.9 Å². The fourth-order valence-electron chi connectivity index (χ4n) is 2.03. The normalized spacial score (nSPS) is 18.2. The molecule has 1 amide bonds. The van der Waals surface area contributed by atoms with E-state index < -0.39 is 11.7 Å². The van der Waals surface area contributed by atoms with E-state index in [0.29, 0.717) is 18.4 Å². The number of hydrogen-bond donors (Lipinski definition) is 1. The summed E-state index contributed by atoms with van der Waals surface area (Å²) in [5.41, 5.74) is 0.0454. The van der Waals surface area contributed by atoms with Gasteiger partial charge in [-0.15, -0.1) is 0 Å². The summed E-state index contributed by atoms with van der Waals surface area (Å²) < 4.78 is 17.9. The van der Waals surface area contributed by atoms with E-state index in [2.05, 4.69) is 10.2 Å². The Hall–Kier alpha value is -1.10.